The van der Waals surface area contributed by atoms with Crippen molar-refractivity contribution < 1.29 is 18.7 Å². The Kier molecular flexibility index (Phi) is 7.99. The number of halogens is 1. The lowest BCUT2D eigenvalue weighted by Crippen LogP contribution is -2.50. The zero-order valence-electron chi connectivity index (χ0n) is 16.3. The lowest BCUT2D eigenvalue weighted by Gasteiger charge is -2.34. The summed E-state index contributed by atoms with van der Waals surface area (Å²) in [4.78, 5) is 27.8. The molecule has 1 aliphatic heterocycles. The molecular weight excluding hydrogens is 351 g/mol. The van der Waals surface area contributed by atoms with Gasteiger partial charge in [0.1, 0.15) is 11.6 Å². The summed E-state index contributed by atoms with van der Waals surface area (Å²) in [6.07, 6.45) is 0. The van der Waals surface area contributed by atoms with E-state index in [1.54, 1.807) is 13.2 Å². The Labute approximate surface area is 159 Å². The van der Waals surface area contributed by atoms with Crippen LogP contribution in [0.15, 0.2) is 18.2 Å². The van der Waals surface area contributed by atoms with E-state index in [4.69, 9.17) is 4.74 Å². The molecule has 1 saturated heterocycles. The summed E-state index contributed by atoms with van der Waals surface area (Å²) in [5.74, 6) is 0.0573. The Hall–Kier alpha value is -2.19. The summed E-state index contributed by atoms with van der Waals surface area (Å²) in [6, 6.07) is 4.58. The van der Waals surface area contributed by atoms with Crippen molar-refractivity contribution in [2.45, 2.75) is 26.4 Å². The highest BCUT2D eigenvalue weighted by Gasteiger charge is 2.20. The zero-order chi connectivity index (χ0) is 19.8. The summed E-state index contributed by atoms with van der Waals surface area (Å²) in [5, 5.41) is 5.38. The first-order valence-electron chi connectivity index (χ1n) is 9.20. The summed E-state index contributed by atoms with van der Waals surface area (Å²) < 4.78 is 18.8. The molecule has 8 heteroatoms. The second kappa shape index (κ2) is 10.2. The minimum atomic E-state index is -0.275. The second-order valence-corrected chi connectivity index (χ2v) is 7.01. The molecule has 1 aromatic carbocycles. The Balaban J connectivity index is 1.73. The normalized spacial score (nSPS) is 15.6. The summed E-state index contributed by atoms with van der Waals surface area (Å²) in [5.41, 5.74) is 0.819. The molecule has 27 heavy (non-hydrogen) atoms. The minimum Gasteiger partial charge on any atom is -0.496 e. The first-order valence-corrected chi connectivity index (χ1v) is 9.20. The third kappa shape index (κ3) is 7.15. The molecule has 0 spiro atoms. The van der Waals surface area contributed by atoms with Crippen LogP contribution in [0.3, 0.4) is 0 Å². The molecule has 0 aromatic heterocycles. The van der Waals surface area contributed by atoms with Crippen LogP contribution in [0.4, 0.5) is 4.39 Å². The third-order valence-electron chi connectivity index (χ3n) is 4.36. The average Bonchev–Trinajstić information content (AvgIpc) is 2.61. The van der Waals surface area contributed by atoms with Gasteiger partial charge < -0.3 is 15.4 Å². The van der Waals surface area contributed by atoms with Crippen LogP contribution >= 0.6 is 0 Å². The van der Waals surface area contributed by atoms with Gasteiger partial charge in [0.25, 0.3) is 0 Å². The highest BCUT2D eigenvalue weighted by atomic mass is 19.1. The van der Waals surface area contributed by atoms with Crippen LogP contribution in [-0.4, -0.2) is 74.0 Å². The molecule has 2 rings (SSSR count). The number of carbonyl (C=O) groups is 2. The van der Waals surface area contributed by atoms with Crippen LogP contribution in [0, 0.1) is 5.82 Å². The van der Waals surface area contributed by atoms with Crippen molar-refractivity contribution in [3.05, 3.63) is 29.6 Å². The van der Waals surface area contributed by atoms with Gasteiger partial charge in [-0.25, -0.2) is 4.39 Å². The Morgan fingerprint density at radius 3 is 2.44 bits per heavy atom. The number of hydrogen-bond donors (Lipinski definition) is 2. The number of hydrogen-bond acceptors (Lipinski definition) is 5. The highest BCUT2D eigenvalue weighted by molar-refractivity contribution is 5.85. The predicted molar refractivity (Wildman–Crippen MR) is 101 cm³/mol. The molecule has 2 amide bonds. The van der Waals surface area contributed by atoms with Crippen molar-refractivity contribution in [1.82, 2.24) is 20.4 Å². The first kappa shape index (κ1) is 21.1. The molecule has 1 fully saturated rings. The van der Waals surface area contributed by atoms with E-state index in [9.17, 15) is 14.0 Å². The molecule has 0 unspecified atom stereocenters. The average molecular weight is 380 g/mol. The number of amides is 2. The van der Waals surface area contributed by atoms with Crippen LogP contribution in [-0.2, 0) is 16.1 Å². The predicted octanol–water partition coefficient (Wildman–Crippen LogP) is 0.593. The number of benzene rings is 1. The molecule has 1 aromatic rings. The number of rotatable bonds is 8. The number of carbonyl (C=O) groups excluding carboxylic acids is 2. The van der Waals surface area contributed by atoms with Crippen LogP contribution < -0.4 is 15.4 Å². The van der Waals surface area contributed by atoms with Crippen molar-refractivity contribution in [1.29, 1.82) is 0 Å². The Morgan fingerprint density at radius 2 is 1.81 bits per heavy atom. The number of nitrogens with one attached hydrogen (secondary N) is 2. The monoisotopic (exact) mass is 380 g/mol. The van der Waals surface area contributed by atoms with Crippen molar-refractivity contribution in [3.8, 4) is 5.75 Å². The molecular formula is C19H29FN4O3. The van der Waals surface area contributed by atoms with E-state index in [0.717, 1.165) is 31.7 Å². The molecule has 2 N–H and O–H groups in total. The van der Waals surface area contributed by atoms with E-state index in [1.165, 1.54) is 12.1 Å². The zero-order valence-corrected chi connectivity index (χ0v) is 16.3. The first-order chi connectivity index (χ1) is 12.9. The summed E-state index contributed by atoms with van der Waals surface area (Å²) >= 11 is 0. The fourth-order valence-electron chi connectivity index (χ4n) is 3.03. The van der Waals surface area contributed by atoms with Crippen molar-refractivity contribution in [3.63, 3.8) is 0 Å². The molecule has 1 heterocycles. The van der Waals surface area contributed by atoms with Gasteiger partial charge in [-0.1, -0.05) is 0 Å². The van der Waals surface area contributed by atoms with Gasteiger partial charge in [-0.15, -0.1) is 0 Å². The fraction of sp³-hybridized carbons (Fsp3) is 0.579. The van der Waals surface area contributed by atoms with Gasteiger partial charge in [0.15, 0.2) is 0 Å². The maximum absolute atomic E-state index is 13.5. The second-order valence-electron chi connectivity index (χ2n) is 7.01. The van der Waals surface area contributed by atoms with Crippen LogP contribution in [0.25, 0.3) is 0 Å². The van der Waals surface area contributed by atoms with Crippen molar-refractivity contribution in [2.24, 2.45) is 0 Å². The van der Waals surface area contributed by atoms with Gasteiger partial charge in [0.2, 0.25) is 11.8 Å². The molecule has 7 nitrogen and oxygen atoms in total. The molecule has 1 aliphatic rings. The van der Waals surface area contributed by atoms with Crippen molar-refractivity contribution >= 4 is 11.8 Å². The minimum absolute atomic E-state index is 0.00363. The molecule has 0 radical (unpaired) electrons. The lowest BCUT2D eigenvalue weighted by molar-refractivity contribution is -0.127. The third-order valence-corrected chi connectivity index (χ3v) is 4.36. The van der Waals surface area contributed by atoms with E-state index in [0.29, 0.717) is 12.3 Å². The van der Waals surface area contributed by atoms with E-state index >= 15 is 0 Å². The van der Waals surface area contributed by atoms with E-state index in [-0.39, 0.29) is 36.8 Å². The number of ether oxygens (including phenoxy) is 1. The largest absolute Gasteiger partial charge is 0.496 e. The Bertz CT molecular complexity index is 646. The standard InChI is InChI=1S/C19H29FN4O3/c1-14(2)22-18(25)11-21-19(26)13-24-8-6-23(7-9-24)12-15-10-16(20)4-5-17(15)27-3/h4-5,10,14H,6-9,11-13H2,1-3H3,(H,21,26)(H,22,25). The van der Waals surface area contributed by atoms with E-state index < -0.39 is 0 Å². The molecule has 0 atom stereocenters. The molecule has 150 valence electrons. The van der Waals surface area contributed by atoms with Gasteiger partial charge in [0, 0.05) is 44.3 Å². The van der Waals surface area contributed by atoms with Gasteiger partial charge in [-0.05, 0) is 32.0 Å². The lowest BCUT2D eigenvalue weighted by atomic mass is 10.1. The van der Waals surface area contributed by atoms with E-state index in [2.05, 4.69) is 20.4 Å². The van der Waals surface area contributed by atoms with Crippen LogP contribution in [0.5, 0.6) is 5.75 Å². The topological polar surface area (TPSA) is 73.9 Å². The smallest absolute Gasteiger partial charge is 0.239 e. The molecule has 0 saturated carbocycles. The number of methoxy groups -OCH3 is 1. The van der Waals surface area contributed by atoms with Gasteiger partial charge in [0.05, 0.1) is 20.2 Å². The van der Waals surface area contributed by atoms with Crippen LogP contribution in [0.2, 0.25) is 0 Å². The van der Waals surface area contributed by atoms with Crippen LogP contribution in [0.1, 0.15) is 19.4 Å². The quantitative estimate of drug-likeness (QED) is 0.691. The number of piperazine rings is 1. The summed E-state index contributed by atoms with van der Waals surface area (Å²) in [6.45, 7) is 7.66. The maximum atomic E-state index is 13.5. The molecule has 0 bridgehead atoms. The maximum Gasteiger partial charge on any atom is 0.239 e. The summed E-state index contributed by atoms with van der Waals surface area (Å²) in [7, 11) is 1.58. The Morgan fingerprint density at radius 1 is 1.15 bits per heavy atom. The molecule has 0 aliphatic carbocycles. The van der Waals surface area contributed by atoms with Gasteiger partial charge in [-0.2, -0.15) is 0 Å². The fourth-order valence-corrected chi connectivity index (χ4v) is 3.03. The van der Waals surface area contributed by atoms with Gasteiger partial charge in [-0.3, -0.25) is 19.4 Å². The highest BCUT2D eigenvalue weighted by Crippen LogP contribution is 2.21. The van der Waals surface area contributed by atoms with E-state index in [1.807, 2.05) is 13.8 Å². The number of nitrogens with zero attached hydrogens (tertiary/aromatic N) is 2. The SMILES string of the molecule is COc1ccc(F)cc1CN1CCN(CC(=O)NCC(=O)NC(C)C)CC1. The van der Waals surface area contributed by atoms with Gasteiger partial charge >= 0.3 is 0 Å². The van der Waals surface area contributed by atoms with Crippen molar-refractivity contribution in [2.75, 3.05) is 46.4 Å².